The van der Waals surface area contributed by atoms with Gasteiger partial charge in [0.2, 0.25) is 0 Å². The molecule has 0 aliphatic carbocycles. The Hall–Kier alpha value is -1.12. The molecule has 0 rings (SSSR count). The normalized spacial score (nSPS) is 13.0. The van der Waals surface area contributed by atoms with Crippen LogP contribution in [0.3, 0.4) is 0 Å². The van der Waals surface area contributed by atoms with Gasteiger partial charge in [0.05, 0.1) is 5.82 Å². The summed E-state index contributed by atoms with van der Waals surface area (Å²) in [5.41, 5.74) is 12.2. The molecule has 0 aromatic rings. The quantitative estimate of drug-likeness (QED) is 0.431. The van der Waals surface area contributed by atoms with Crippen molar-refractivity contribution < 1.29 is 0 Å². The lowest BCUT2D eigenvalue weighted by Crippen LogP contribution is -2.14. The van der Waals surface area contributed by atoms with E-state index >= 15 is 0 Å². The summed E-state index contributed by atoms with van der Waals surface area (Å²) in [5.74, 6) is 0.640. The van der Waals surface area contributed by atoms with Crippen molar-refractivity contribution >= 4 is 0 Å². The van der Waals surface area contributed by atoms with Crippen LogP contribution in [0.15, 0.2) is 23.7 Å². The van der Waals surface area contributed by atoms with Crippen LogP contribution in [0, 0.1) is 0 Å². The van der Waals surface area contributed by atoms with Crippen LogP contribution in [0.4, 0.5) is 0 Å². The molecule has 0 spiro atoms. The number of rotatable bonds is 7. The molecule has 0 fully saturated rings. The van der Waals surface area contributed by atoms with Crippen LogP contribution in [-0.4, -0.2) is 7.05 Å². The summed E-state index contributed by atoms with van der Waals surface area (Å²) in [6.45, 7) is 2.20. The third kappa shape index (κ3) is 7.53. The fourth-order valence-corrected chi connectivity index (χ4v) is 1.12. The summed E-state index contributed by atoms with van der Waals surface area (Å²) in [6.07, 6.45) is 9.62. The van der Waals surface area contributed by atoms with E-state index in [1.165, 1.54) is 25.7 Å². The van der Waals surface area contributed by atoms with Gasteiger partial charge in [-0.3, -0.25) is 0 Å². The molecule has 0 amide bonds. The number of nitrogens with two attached hydrogens (primary N) is 2. The van der Waals surface area contributed by atoms with Crippen LogP contribution in [0.2, 0.25) is 0 Å². The topological polar surface area (TPSA) is 64.1 Å². The van der Waals surface area contributed by atoms with Crippen molar-refractivity contribution in [3.63, 3.8) is 0 Å². The summed E-state index contributed by atoms with van der Waals surface area (Å²) in [4.78, 5) is 0. The van der Waals surface area contributed by atoms with Crippen LogP contribution < -0.4 is 16.8 Å². The second kappa shape index (κ2) is 8.48. The Balaban J connectivity index is 3.67. The highest BCUT2D eigenvalue weighted by Gasteiger charge is 1.90. The van der Waals surface area contributed by atoms with Crippen LogP contribution in [0.5, 0.6) is 0 Å². The highest BCUT2D eigenvalue weighted by Crippen LogP contribution is 2.06. The van der Waals surface area contributed by atoms with Gasteiger partial charge in [-0.1, -0.05) is 26.2 Å². The summed E-state index contributed by atoms with van der Waals surface area (Å²) >= 11 is 0. The molecule has 0 aliphatic rings. The molecule has 0 atom stereocenters. The lowest BCUT2D eigenvalue weighted by atomic mass is 10.1. The maximum absolute atomic E-state index is 5.79. The zero-order valence-electron chi connectivity index (χ0n) is 9.34. The van der Waals surface area contributed by atoms with E-state index in [1.54, 1.807) is 13.1 Å². The fraction of sp³-hybridized carbons (Fsp3) is 0.636. The third-order valence-electron chi connectivity index (χ3n) is 2.08. The molecule has 0 unspecified atom stereocenters. The zero-order valence-corrected chi connectivity index (χ0v) is 9.34. The minimum Gasteiger partial charge on any atom is -0.402 e. The van der Waals surface area contributed by atoms with Gasteiger partial charge in [0.1, 0.15) is 0 Å². The highest BCUT2D eigenvalue weighted by molar-refractivity contribution is 5.12. The summed E-state index contributed by atoms with van der Waals surface area (Å²) in [6, 6.07) is 0. The minimum absolute atomic E-state index is 0.640. The van der Waals surface area contributed by atoms with Crippen LogP contribution in [0.25, 0.3) is 0 Å². The van der Waals surface area contributed by atoms with E-state index in [4.69, 9.17) is 11.5 Å². The van der Waals surface area contributed by atoms with E-state index in [-0.39, 0.29) is 0 Å². The van der Waals surface area contributed by atoms with E-state index in [0.717, 1.165) is 12.1 Å². The minimum atomic E-state index is 0.640. The number of unbranched alkanes of at least 4 members (excludes halogenated alkanes) is 3. The van der Waals surface area contributed by atoms with E-state index in [2.05, 4.69) is 12.2 Å². The molecule has 14 heavy (non-hydrogen) atoms. The van der Waals surface area contributed by atoms with Gasteiger partial charge >= 0.3 is 0 Å². The summed E-state index contributed by atoms with van der Waals surface area (Å²) in [7, 11) is 1.79. The molecule has 0 saturated heterocycles. The summed E-state index contributed by atoms with van der Waals surface area (Å²) in [5, 5.41) is 2.84. The molecule has 0 heterocycles. The van der Waals surface area contributed by atoms with E-state index in [0.29, 0.717) is 5.82 Å². The second-order valence-corrected chi connectivity index (χ2v) is 3.42. The Morgan fingerprint density at radius 2 is 1.86 bits per heavy atom. The third-order valence-corrected chi connectivity index (χ3v) is 2.08. The lowest BCUT2D eigenvalue weighted by molar-refractivity contribution is 0.662. The van der Waals surface area contributed by atoms with Gasteiger partial charge in [-0.2, -0.15) is 0 Å². The van der Waals surface area contributed by atoms with Gasteiger partial charge in [0, 0.05) is 12.7 Å². The molecule has 0 saturated carbocycles. The predicted octanol–water partition coefficient (Wildman–Crippen LogP) is 1.82. The van der Waals surface area contributed by atoms with Gasteiger partial charge in [-0.15, -0.1) is 0 Å². The van der Waals surface area contributed by atoms with Crippen molar-refractivity contribution in [3.05, 3.63) is 23.7 Å². The largest absolute Gasteiger partial charge is 0.402 e. The lowest BCUT2D eigenvalue weighted by Gasteiger charge is -2.00. The van der Waals surface area contributed by atoms with Crippen LogP contribution >= 0.6 is 0 Å². The first kappa shape index (κ1) is 12.9. The van der Waals surface area contributed by atoms with Crippen LogP contribution in [-0.2, 0) is 0 Å². The molecule has 0 radical (unpaired) electrons. The molecule has 0 bridgehead atoms. The van der Waals surface area contributed by atoms with Gasteiger partial charge in [-0.05, 0) is 25.0 Å². The first-order valence-electron chi connectivity index (χ1n) is 5.30. The van der Waals surface area contributed by atoms with Crippen molar-refractivity contribution in [1.29, 1.82) is 0 Å². The molecule has 3 heteroatoms. The molecule has 0 aromatic carbocycles. The average molecular weight is 197 g/mol. The second-order valence-electron chi connectivity index (χ2n) is 3.42. The number of hydrogen-bond acceptors (Lipinski definition) is 3. The molecule has 3 nitrogen and oxygen atoms in total. The van der Waals surface area contributed by atoms with Gasteiger partial charge < -0.3 is 16.8 Å². The molecule has 0 aromatic heterocycles. The van der Waals surface area contributed by atoms with Gasteiger partial charge in [-0.25, -0.2) is 0 Å². The van der Waals surface area contributed by atoms with Crippen molar-refractivity contribution in [2.24, 2.45) is 11.5 Å². The molecule has 82 valence electrons. The van der Waals surface area contributed by atoms with Gasteiger partial charge in [0.15, 0.2) is 0 Å². The maximum atomic E-state index is 5.79. The smallest absolute Gasteiger partial charge is 0.0958 e. The SMILES string of the molecule is CCCCCC/C(N)=C/C=C(\N)NC. The predicted molar refractivity (Wildman–Crippen MR) is 62.4 cm³/mol. The van der Waals surface area contributed by atoms with Crippen molar-refractivity contribution in [1.82, 2.24) is 5.32 Å². The van der Waals surface area contributed by atoms with Gasteiger partial charge in [0.25, 0.3) is 0 Å². The Kier molecular flexibility index (Phi) is 7.80. The Bertz CT molecular complexity index is 195. The van der Waals surface area contributed by atoms with E-state index in [1.807, 2.05) is 6.08 Å². The zero-order chi connectivity index (χ0) is 10.8. The molecule has 5 N–H and O–H groups in total. The van der Waals surface area contributed by atoms with Crippen LogP contribution in [0.1, 0.15) is 39.0 Å². The fourth-order valence-electron chi connectivity index (χ4n) is 1.12. The summed E-state index contributed by atoms with van der Waals surface area (Å²) < 4.78 is 0. The first-order chi connectivity index (χ1) is 6.70. The first-order valence-corrected chi connectivity index (χ1v) is 5.30. The molecular weight excluding hydrogens is 174 g/mol. The number of nitrogens with one attached hydrogen (secondary N) is 1. The highest BCUT2D eigenvalue weighted by atomic mass is 14.9. The van der Waals surface area contributed by atoms with Crippen molar-refractivity contribution in [2.45, 2.75) is 39.0 Å². The monoisotopic (exact) mass is 197 g/mol. The molecule has 0 aliphatic heterocycles. The molecular formula is C11H23N3. The Labute approximate surface area is 87.2 Å². The number of allylic oxidation sites excluding steroid dienone is 3. The number of hydrogen-bond donors (Lipinski definition) is 3. The maximum Gasteiger partial charge on any atom is 0.0958 e. The van der Waals surface area contributed by atoms with E-state index < -0.39 is 0 Å². The standard InChI is InChI=1S/C11H23N3/c1-3-4-5-6-7-10(12)8-9-11(13)14-2/h8-9,14H,3-7,12-13H2,1-2H3/b10-8-,11-9+. The van der Waals surface area contributed by atoms with Crippen molar-refractivity contribution in [3.8, 4) is 0 Å². The average Bonchev–Trinajstić information content (AvgIpc) is 2.21. The van der Waals surface area contributed by atoms with E-state index in [9.17, 15) is 0 Å². The Morgan fingerprint density at radius 1 is 1.14 bits per heavy atom. The Morgan fingerprint density at radius 3 is 2.43 bits per heavy atom. The van der Waals surface area contributed by atoms with Crippen molar-refractivity contribution in [2.75, 3.05) is 7.05 Å².